The van der Waals surface area contributed by atoms with Gasteiger partial charge in [0.1, 0.15) is 5.69 Å². The molecule has 15 heavy (non-hydrogen) atoms. The Hall–Kier alpha value is -1.41. The molecule has 1 aromatic heterocycles. The van der Waals surface area contributed by atoms with Crippen LogP contribution >= 0.6 is 11.6 Å². The van der Waals surface area contributed by atoms with Crippen molar-refractivity contribution in [3.63, 3.8) is 0 Å². The van der Waals surface area contributed by atoms with Crippen LogP contribution in [0.15, 0.2) is 6.07 Å². The van der Waals surface area contributed by atoms with Crippen molar-refractivity contribution in [2.75, 3.05) is 7.11 Å². The van der Waals surface area contributed by atoms with Crippen molar-refractivity contribution in [2.45, 2.75) is 12.8 Å². The van der Waals surface area contributed by atoms with Crippen LogP contribution in [0.1, 0.15) is 17.7 Å². The van der Waals surface area contributed by atoms with Gasteiger partial charge in [-0.2, -0.15) is 5.26 Å². The van der Waals surface area contributed by atoms with Gasteiger partial charge in [-0.05, 0) is 11.6 Å². The molecule has 0 atom stereocenters. The normalized spacial score (nSPS) is 10.1. The summed E-state index contributed by atoms with van der Waals surface area (Å²) >= 11 is 5.59. The number of methoxy groups -OCH3 is 1. The summed E-state index contributed by atoms with van der Waals surface area (Å²) in [5.74, 6) is 0.186. The Labute approximate surface area is 90.3 Å². The average molecular weight is 233 g/mol. The van der Waals surface area contributed by atoms with E-state index < -0.39 is 12.1 Å². The Kier molecular flexibility index (Phi) is 3.81. The first-order valence-corrected chi connectivity index (χ1v) is 4.36. The molecular formula is C9H7ClF2N2O. The molecule has 0 saturated carbocycles. The summed E-state index contributed by atoms with van der Waals surface area (Å²) in [6.45, 7) is 0. The third-order valence-electron chi connectivity index (χ3n) is 1.75. The van der Waals surface area contributed by atoms with Gasteiger partial charge in [0.2, 0.25) is 0 Å². The van der Waals surface area contributed by atoms with E-state index in [1.165, 1.54) is 13.2 Å². The summed E-state index contributed by atoms with van der Waals surface area (Å²) in [5.41, 5.74) is -0.337. The monoisotopic (exact) mass is 232 g/mol. The standard InChI is InChI=1S/C9H7ClF2N2O/c1-15-6-4-5(2-3-13)7(9(11)12)14-8(6)10/h4,9H,2H2,1H3. The Morgan fingerprint density at radius 3 is 2.80 bits per heavy atom. The van der Waals surface area contributed by atoms with Crippen LogP contribution in [0.2, 0.25) is 5.15 Å². The topological polar surface area (TPSA) is 45.9 Å². The molecule has 0 aliphatic carbocycles. The van der Waals surface area contributed by atoms with Crippen molar-refractivity contribution >= 4 is 11.6 Å². The zero-order valence-electron chi connectivity index (χ0n) is 7.80. The van der Waals surface area contributed by atoms with E-state index >= 15 is 0 Å². The van der Waals surface area contributed by atoms with Crippen LogP contribution in [0.25, 0.3) is 0 Å². The molecule has 0 unspecified atom stereocenters. The van der Waals surface area contributed by atoms with Crippen molar-refractivity contribution in [1.82, 2.24) is 4.98 Å². The zero-order valence-corrected chi connectivity index (χ0v) is 8.55. The van der Waals surface area contributed by atoms with Gasteiger partial charge in [0.15, 0.2) is 10.9 Å². The number of hydrogen-bond donors (Lipinski definition) is 0. The Morgan fingerprint density at radius 2 is 2.33 bits per heavy atom. The molecule has 1 aromatic rings. The van der Waals surface area contributed by atoms with E-state index in [2.05, 4.69) is 4.98 Å². The first-order valence-electron chi connectivity index (χ1n) is 3.98. The zero-order chi connectivity index (χ0) is 11.4. The molecule has 0 saturated heterocycles. The number of hydrogen-bond acceptors (Lipinski definition) is 3. The van der Waals surface area contributed by atoms with Gasteiger partial charge in [-0.3, -0.25) is 0 Å². The molecule has 3 nitrogen and oxygen atoms in total. The molecular weight excluding hydrogens is 226 g/mol. The fourth-order valence-electron chi connectivity index (χ4n) is 1.08. The highest BCUT2D eigenvalue weighted by molar-refractivity contribution is 6.30. The average Bonchev–Trinajstić information content (AvgIpc) is 2.20. The molecule has 0 aliphatic rings. The largest absolute Gasteiger partial charge is 0.494 e. The highest BCUT2D eigenvalue weighted by Crippen LogP contribution is 2.29. The molecule has 0 radical (unpaired) electrons. The maximum absolute atomic E-state index is 12.5. The molecule has 0 spiro atoms. The second-order valence-corrected chi connectivity index (χ2v) is 3.02. The fourth-order valence-corrected chi connectivity index (χ4v) is 1.31. The molecule has 0 aromatic carbocycles. The molecule has 0 fully saturated rings. The summed E-state index contributed by atoms with van der Waals surface area (Å²) in [7, 11) is 1.35. The molecule has 0 bridgehead atoms. The molecule has 0 aliphatic heterocycles. The van der Waals surface area contributed by atoms with Crippen LogP contribution in [0, 0.1) is 11.3 Å². The number of rotatable bonds is 3. The number of halogens is 3. The minimum Gasteiger partial charge on any atom is -0.494 e. The van der Waals surface area contributed by atoms with E-state index in [1.807, 2.05) is 0 Å². The van der Waals surface area contributed by atoms with Crippen LogP contribution in [-0.4, -0.2) is 12.1 Å². The van der Waals surface area contributed by atoms with Crippen molar-refractivity contribution in [1.29, 1.82) is 5.26 Å². The summed E-state index contributed by atoms with van der Waals surface area (Å²) in [4.78, 5) is 3.50. The van der Waals surface area contributed by atoms with E-state index in [1.54, 1.807) is 6.07 Å². The molecule has 1 rings (SSSR count). The van der Waals surface area contributed by atoms with Crippen LogP contribution < -0.4 is 4.74 Å². The highest BCUT2D eigenvalue weighted by atomic mass is 35.5. The number of aromatic nitrogens is 1. The predicted molar refractivity (Wildman–Crippen MR) is 50.1 cm³/mol. The third kappa shape index (κ3) is 2.54. The lowest BCUT2D eigenvalue weighted by Gasteiger charge is -2.08. The summed E-state index contributed by atoms with van der Waals surface area (Å²) in [5, 5.41) is 8.33. The van der Waals surface area contributed by atoms with E-state index in [-0.39, 0.29) is 22.9 Å². The molecule has 6 heteroatoms. The van der Waals surface area contributed by atoms with Crippen LogP contribution in [0.5, 0.6) is 5.75 Å². The van der Waals surface area contributed by atoms with E-state index in [9.17, 15) is 8.78 Å². The van der Waals surface area contributed by atoms with E-state index in [0.717, 1.165) is 0 Å². The lowest BCUT2D eigenvalue weighted by atomic mass is 10.1. The van der Waals surface area contributed by atoms with Gasteiger partial charge in [0, 0.05) is 0 Å². The molecule has 0 amide bonds. The van der Waals surface area contributed by atoms with Crippen LogP contribution in [0.3, 0.4) is 0 Å². The summed E-state index contributed by atoms with van der Waals surface area (Å²) in [6.07, 6.45) is -2.91. The van der Waals surface area contributed by atoms with Crippen molar-refractivity contribution in [3.05, 3.63) is 22.5 Å². The summed E-state index contributed by atoms with van der Waals surface area (Å²) < 4.78 is 29.8. The molecule has 1 heterocycles. The lowest BCUT2D eigenvalue weighted by molar-refractivity contribution is 0.145. The van der Waals surface area contributed by atoms with E-state index in [0.29, 0.717) is 0 Å². The van der Waals surface area contributed by atoms with Crippen LogP contribution in [-0.2, 0) is 6.42 Å². The summed E-state index contributed by atoms with van der Waals surface area (Å²) in [6, 6.07) is 3.08. The second kappa shape index (κ2) is 4.89. The first-order chi connectivity index (χ1) is 7.10. The number of alkyl halides is 2. The van der Waals surface area contributed by atoms with Crippen molar-refractivity contribution < 1.29 is 13.5 Å². The van der Waals surface area contributed by atoms with Crippen molar-refractivity contribution in [3.8, 4) is 11.8 Å². The predicted octanol–water partition coefficient (Wildman–Crippen LogP) is 2.75. The van der Waals surface area contributed by atoms with Gasteiger partial charge in [-0.25, -0.2) is 13.8 Å². The minimum absolute atomic E-state index is 0.130. The quantitative estimate of drug-likeness (QED) is 0.753. The molecule has 0 N–H and O–H groups in total. The van der Waals surface area contributed by atoms with Gasteiger partial charge in [0.05, 0.1) is 19.6 Å². The first kappa shape index (κ1) is 11.7. The number of ether oxygens (including phenoxy) is 1. The number of pyridine rings is 1. The minimum atomic E-state index is -2.75. The third-order valence-corrected chi connectivity index (χ3v) is 2.02. The SMILES string of the molecule is COc1cc(CC#N)c(C(F)F)nc1Cl. The number of nitriles is 1. The Bertz CT molecular complexity index is 404. The van der Waals surface area contributed by atoms with Gasteiger partial charge in [-0.1, -0.05) is 11.6 Å². The highest BCUT2D eigenvalue weighted by Gasteiger charge is 2.18. The number of nitrogens with zero attached hydrogens (tertiary/aromatic N) is 2. The second-order valence-electron chi connectivity index (χ2n) is 2.66. The maximum Gasteiger partial charge on any atom is 0.280 e. The van der Waals surface area contributed by atoms with Crippen molar-refractivity contribution in [2.24, 2.45) is 0 Å². The van der Waals surface area contributed by atoms with Crippen LogP contribution in [0.4, 0.5) is 8.78 Å². The Morgan fingerprint density at radius 1 is 1.67 bits per heavy atom. The van der Waals surface area contributed by atoms with Gasteiger partial charge in [-0.15, -0.1) is 0 Å². The smallest absolute Gasteiger partial charge is 0.280 e. The van der Waals surface area contributed by atoms with Gasteiger partial charge < -0.3 is 4.74 Å². The fraction of sp³-hybridized carbons (Fsp3) is 0.333. The Balaban J connectivity index is 3.26. The van der Waals surface area contributed by atoms with Gasteiger partial charge in [0.25, 0.3) is 6.43 Å². The molecule has 80 valence electrons. The maximum atomic E-state index is 12.5. The van der Waals surface area contributed by atoms with Gasteiger partial charge >= 0.3 is 0 Å². The van der Waals surface area contributed by atoms with E-state index in [4.69, 9.17) is 21.6 Å². The lowest BCUT2D eigenvalue weighted by Crippen LogP contribution is -2.00.